The van der Waals surface area contributed by atoms with Crippen molar-refractivity contribution in [1.29, 1.82) is 0 Å². The molecule has 3 heteroatoms. The van der Waals surface area contributed by atoms with Crippen LogP contribution in [0.15, 0.2) is 11.6 Å². The summed E-state index contributed by atoms with van der Waals surface area (Å²) in [6.45, 7) is 13.0. The maximum atomic E-state index is 12.3. The molecule has 0 radical (unpaired) electrons. The SMILES string of the molecule is CC(C)CCCC(C)C1CCC2C3CC=C4CC(CC(=O)NCCO)CCC4(C)C3CCCC12C. The second-order valence-corrected chi connectivity index (χ2v) is 14.0. The first-order valence-corrected chi connectivity index (χ1v) is 15.3. The number of fused-ring (bicyclic) bond motifs is 5. The Morgan fingerprint density at radius 2 is 1.89 bits per heavy atom. The molecule has 0 aromatic carbocycles. The lowest BCUT2D eigenvalue weighted by Gasteiger charge is -2.53. The third-order valence-electron chi connectivity index (χ3n) is 11.6. The van der Waals surface area contributed by atoms with Gasteiger partial charge in [-0.1, -0.05) is 72.0 Å². The van der Waals surface area contributed by atoms with E-state index in [0.717, 1.165) is 41.9 Å². The van der Waals surface area contributed by atoms with Crippen LogP contribution in [-0.2, 0) is 4.79 Å². The van der Waals surface area contributed by atoms with E-state index in [-0.39, 0.29) is 12.5 Å². The fourth-order valence-corrected chi connectivity index (χ4v) is 9.70. The van der Waals surface area contributed by atoms with Crippen LogP contribution in [0, 0.1) is 52.3 Å². The Morgan fingerprint density at radius 1 is 1.09 bits per heavy atom. The van der Waals surface area contributed by atoms with E-state index in [1.54, 1.807) is 5.57 Å². The van der Waals surface area contributed by atoms with Crippen LogP contribution >= 0.6 is 0 Å². The number of carbonyl (C=O) groups excluding carboxylic acids is 1. The van der Waals surface area contributed by atoms with Gasteiger partial charge in [-0.3, -0.25) is 4.79 Å². The minimum absolute atomic E-state index is 0.0281. The van der Waals surface area contributed by atoms with Gasteiger partial charge in [-0.2, -0.15) is 0 Å². The van der Waals surface area contributed by atoms with Crippen molar-refractivity contribution < 1.29 is 9.90 Å². The number of carbonyl (C=O) groups is 1. The third-order valence-corrected chi connectivity index (χ3v) is 11.6. The predicted molar refractivity (Wildman–Crippen MR) is 146 cm³/mol. The molecule has 0 bridgehead atoms. The number of rotatable bonds is 9. The second-order valence-electron chi connectivity index (χ2n) is 14.0. The van der Waals surface area contributed by atoms with Gasteiger partial charge >= 0.3 is 0 Å². The first-order valence-electron chi connectivity index (χ1n) is 15.3. The van der Waals surface area contributed by atoms with E-state index < -0.39 is 0 Å². The van der Waals surface area contributed by atoms with Crippen molar-refractivity contribution in [1.82, 2.24) is 5.32 Å². The normalized spacial score (nSPS) is 39.7. The highest BCUT2D eigenvalue weighted by Crippen LogP contribution is 2.66. The summed E-state index contributed by atoms with van der Waals surface area (Å²) in [6, 6.07) is 0. The summed E-state index contributed by atoms with van der Waals surface area (Å²) in [4.78, 5) is 12.3. The molecule has 35 heavy (non-hydrogen) atoms. The Labute approximate surface area is 216 Å². The lowest BCUT2D eigenvalue weighted by molar-refractivity contribution is -0.122. The molecule has 8 atom stereocenters. The third kappa shape index (κ3) is 5.55. The van der Waals surface area contributed by atoms with Crippen molar-refractivity contribution in [2.24, 2.45) is 52.3 Å². The molecule has 0 aliphatic heterocycles. The highest BCUT2D eigenvalue weighted by Gasteiger charge is 2.57. The zero-order valence-electron chi connectivity index (χ0n) is 23.6. The van der Waals surface area contributed by atoms with Crippen molar-refractivity contribution in [2.45, 2.75) is 118 Å². The average Bonchev–Trinajstić information content (AvgIpc) is 3.07. The van der Waals surface area contributed by atoms with Crippen molar-refractivity contribution in [3.05, 3.63) is 11.6 Å². The molecular weight excluding hydrogens is 430 g/mol. The minimum Gasteiger partial charge on any atom is -0.395 e. The second kappa shape index (κ2) is 11.3. The molecule has 8 unspecified atom stereocenters. The fourth-order valence-electron chi connectivity index (χ4n) is 9.70. The molecule has 200 valence electrons. The average molecular weight is 486 g/mol. The van der Waals surface area contributed by atoms with E-state index in [1.165, 1.54) is 70.6 Å². The van der Waals surface area contributed by atoms with E-state index in [4.69, 9.17) is 5.11 Å². The highest BCUT2D eigenvalue weighted by molar-refractivity contribution is 5.76. The van der Waals surface area contributed by atoms with Gasteiger partial charge in [0.2, 0.25) is 5.91 Å². The molecule has 3 fully saturated rings. The quantitative estimate of drug-likeness (QED) is 0.332. The summed E-state index contributed by atoms with van der Waals surface area (Å²) in [5.41, 5.74) is 2.58. The number of amides is 1. The Morgan fingerprint density at radius 3 is 2.63 bits per heavy atom. The molecule has 0 aromatic rings. The number of hydrogen-bond acceptors (Lipinski definition) is 2. The fraction of sp³-hybridized carbons (Fsp3) is 0.906. The van der Waals surface area contributed by atoms with E-state index >= 15 is 0 Å². The van der Waals surface area contributed by atoms with Gasteiger partial charge in [-0.05, 0) is 104 Å². The van der Waals surface area contributed by atoms with Crippen LogP contribution in [0.5, 0.6) is 0 Å². The van der Waals surface area contributed by atoms with Crippen LogP contribution in [0.4, 0.5) is 0 Å². The van der Waals surface area contributed by atoms with Crippen LogP contribution in [0.2, 0.25) is 0 Å². The van der Waals surface area contributed by atoms with Gasteiger partial charge in [0.1, 0.15) is 0 Å². The number of nitrogens with one attached hydrogen (secondary N) is 1. The summed E-state index contributed by atoms with van der Waals surface area (Å²) in [5.74, 6) is 5.84. The van der Waals surface area contributed by atoms with Gasteiger partial charge in [0.15, 0.2) is 0 Å². The van der Waals surface area contributed by atoms with Gasteiger partial charge in [-0.25, -0.2) is 0 Å². The molecular formula is C32H55NO2. The molecule has 1 amide bonds. The monoisotopic (exact) mass is 485 g/mol. The summed E-state index contributed by atoms with van der Waals surface area (Å²) < 4.78 is 0. The summed E-state index contributed by atoms with van der Waals surface area (Å²) in [7, 11) is 0. The molecule has 0 heterocycles. The smallest absolute Gasteiger partial charge is 0.220 e. The lowest BCUT2D eigenvalue weighted by Crippen LogP contribution is -2.45. The first kappa shape index (κ1) is 27.2. The summed E-state index contributed by atoms with van der Waals surface area (Å²) >= 11 is 0. The Balaban J connectivity index is 1.45. The molecule has 0 aromatic heterocycles. The zero-order chi connectivity index (χ0) is 25.2. The number of aliphatic hydroxyl groups excluding tert-OH is 1. The van der Waals surface area contributed by atoms with Gasteiger partial charge < -0.3 is 10.4 Å². The van der Waals surface area contributed by atoms with E-state index in [2.05, 4.69) is 46.0 Å². The molecule has 3 saturated carbocycles. The molecule has 2 N–H and O–H groups in total. The van der Waals surface area contributed by atoms with Crippen LogP contribution in [0.3, 0.4) is 0 Å². The number of aliphatic hydroxyl groups is 1. The van der Waals surface area contributed by atoms with Gasteiger partial charge in [0, 0.05) is 13.0 Å². The molecule has 0 saturated heterocycles. The Kier molecular flexibility index (Phi) is 8.77. The molecule has 4 aliphatic carbocycles. The van der Waals surface area contributed by atoms with Crippen molar-refractivity contribution in [3.8, 4) is 0 Å². The summed E-state index contributed by atoms with van der Waals surface area (Å²) in [6.07, 6.45) is 19.5. The van der Waals surface area contributed by atoms with Gasteiger partial charge in [0.05, 0.1) is 6.61 Å². The maximum Gasteiger partial charge on any atom is 0.220 e. The Bertz CT molecular complexity index is 759. The zero-order valence-corrected chi connectivity index (χ0v) is 23.6. The van der Waals surface area contributed by atoms with Crippen LogP contribution < -0.4 is 5.32 Å². The van der Waals surface area contributed by atoms with E-state index in [1.807, 2.05) is 0 Å². The van der Waals surface area contributed by atoms with Crippen molar-refractivity contribution in [2.75, 3.05) is 13.2 Å². The maximum absolute atomic E-state index is 12.3. The van der Waals surface area contributed by atoms with Gasteiger partial charge in [-0.15, -0.1) is 0 Å². The lowest BCUT2D eigenvalue weighted by atomic mass is 9.52. The molecule has 4 aliphatic rings. The van der Waals surface area contributed by atoms with Crippen molar-refractivity contribution in [3.63, 3.8) is 0 Å². The predicted octanol–water partition coefficient (Wildman–Crippen LogP) is 7.53. The largest absolute Gasteiger partial charge is 0.395 e. The van der Waals surface area contributed by atoms with E-state index in [0.29, 0.717) is 29.7 Å². The van der Waals surface area contributed by atoms with Crippen LogP contribution in [-0.4, -0.2) is 24.2 Å². The van der Waals surface area contributed by atoms with Crippen LogP contribution in [0.1, 0.15) is 118 Å². The minimum atomic E-state index is 0.0281. The topological polar surface area (TPSA) is 49.3 Å². The highest BCUT2D eigenvalue weighted by atomic mass is 16.3. The number of allylic oxidation sites excluding steroid dienone is 2. The standard InChI is InChI=1S/C32H55NO2/c1-22(2)8-6-9-23(3)27-13-14-29-26-12-11-25-20-24(21-30(35)33-18-19-34)15-17-31(25,4)28(26)10-7-16-32(27,29)5/h11,22-24,26-29,34H,6-10,12-21H2,1-5H3,(H,33,35). The molecule has 3 nitrogen and oxygen atoms in total. The summed E-state index contributed by atoms with van der Waals surface area (Å²) in [5, 5.41) is 11.9. The molecule has 4 rings (SSSR count). The number of hydrogen-bond donors (Lipinski definition) is 2. The van der Waals surface area contributed by atoms with E-state index in [9.17, 15) is 4.79 Å². The van der Waals surface area contributed by atoms with Gasteiger partial charge in [0.25, 0.3) is 0 Å². The Hall–Kier alpha value is -0.830. The van der Waals surface area contributed by atoms with Crippen LogP contribution in [0.25, 0.3) is 0 Å². The van der Waals surface area contributed by atoms with Crippen molar-refractivity contribution >= 4 is 5.91 Å². The molecule has 0 spiro atoms. The first-order chi connectivity index (χ1) is 16.7.